The summed E-state index contributed by atoms with van der Waals surface area (Å²) in [6.45, 7) is 5.25. The van der Waals surface area contributed by atoms with Gasteiger partial charge in [-0.05, 0) is 49.1 Å². The molecule has 3 heteroatoms. The van der Waals surface area contributed by atoms with Crippen LogP contribution >= 0.6 is 0 Å². The largest absolute Gasteiger partial charge is 0.289 e. The van der Waals surface area contributed by atoms with E-state index in [4.69, 9.17) is 0 Å². The minimum absolute atomic E-state index is 0.0169. The Hall–Kier alpha value is -2.03. The van der Waals surface area contributed by atoms with Crippen molar-refractivity contribution in [3.05, 3.63) is 63.3 Å². The van der Waals surface area contributed by atoms with Crippen LogP contribution in [0.3, 0.4) is 0 Å². The van der Waals surface area contributed by atoms with Gasteiger partial charge in [0.1, 0.15) is 5.82 Å². The molecule has 0 amide bonds. The number of aromatic nitrogens is 1. The maximum Gasteiger partial charge on any atom is 0.184 e. The lowest BCUT2D eigenvalue weighted by Gasteiger charge is -2.04. The molecule has 0 bridgehead atoms. The summed E-state index contributed by atoms with van der Waals surface area (Å²) in [4.78, 5) is 15.7. The Kier molecular flexibility index (Phi) is 3.24. The summed E-state index contributed by atoms with van der Waals surface area (Å²) in [6, 6.07) is 5.36. The van der Waals surface area contributed by atoms with Crippen molar-refractivity contribution in [2.24, 2.45) is 0 Å². The van der Waals surface area contributed by atoms with Crippen molar-refractivity contribution in [1.29, 1.82) is 0 Å². The predicted molar refractivity (Wildman–Crippen MR) is 70.1 cm³/mol. The molecule has 0 aliphatic rings. The molecule has 18 heavy (non-hydrogen) atoms. The van der Waals surface area contributed by atoms with Crippen molar-refractivity contribution >= 4 is 0 Å². The lowest BCUT2D eigenvalue weighted by Crippen LogP contribution is -2.03. The molecule has 0 saturated carbocycles. The van der Waals surface area contributed by atoms with Gasteiger partial charge in [-0.25, -0.2) is 4.39 Å². The second-order valence-corrected chi connectivity index (χ2v) is 4.42. The van der Waals surface area contributed by atoms with E-state index in [0.29, 0.717) is 22.3 Å². The van der Waals surface area contributed by atoms with Crippen LogP contribution in [0.25, 0.3) is 11.1 Å². The zero-order chi connectivity index (χ0) is 13.3. The molecule has 2 aromatic rings. The molecule has 92 valence electrons. The molecule has 2 nitrogen and oxygen atoms in total. The van der Waals surface area contributed by atoms with Crippen molar-refractivity contribution < 1.29 is 4.39 Å². The molecule has 0 atom stereocenters. The Labute approximate surface area is 105 Å². The molecule has 2 rings (SSSR count). The van der Waals surface area contributed by atoms with E-state index < -0.39 is 0 Å². The standard InChI is InChI=1S/C15H14FNO/c1-9-4-5-12(6-10(2)15(9)18)13-7-17-8-14(16)11(13)3/h4-8H,1-3H3. The summed E-state index contributed by atoms with van der Waals surface area (Å²) in [5.74, 6) is -0.337. The monoisotopic (exact) mass is 243 g/mol. The average molecular weight is 243 g/mol. The molecule has 0 unspecified atom stereocenters. The van der Waals surface area contributed by atoms with Gasteiger partial charge >= 0.3 is 0 Å². The molecule has 1 aromatic heterocycles. The molecule has 0 N–H and O–H groups in total. The fraction of sp³-hybridized carbons (Fsp3) is 0.200. The highest BCUT2D eigenvalue weighted by Gasteiger charge is 2.07. The highest BCUT2D eigenvalue weighted by Crippen LogP contribution is 2.23. The molecule has 0 saturated heterocycles. The van der Waals surface area contributed by atoms with E-state index >= 15 is 0 Å². The van der Waals surface area contributed by atoms with Gasteiger partial charge in [-0.3, -0.25) is 9.78 Å². The summed E-state index contributed by atoms with van der Waals surface area (Å²) >= 11 is 0. The smallest absolute Gasteiger partial charge is 0.184 e. The Morgan fingerprint density at radius 3 is 2.50 bits per heavy atom. The van der Waals surface area contributed by atoms with Gasteiger partial charge in [-0.2, -0.15) is 0 Å². The number of halogens is 1. The van der Waals surface area contributed by atoms with E-state index in [1.807, 2.05) is 6.07 Å². The first-order valence-corrected chi connectivity index (χ1v) is 5.72. The van der Waals surface area contributed by atoms with Crippen LogP contribution in [0.5, 0.6) is 0 Å². The van der Waals surface area contributed by atoms with Gasteiger partial charge < -0.3 is 0 Å². The van der Waals surface area contributed by atoms with Gasteiger partial charge in [0.05, 0.1) is 6.20 Å². The maximum absolute atomic E-state index is 13.5. The third kappa shape index (κ3) is 2.16. The minimum atomic E-state index is -0.337. The van der Waals surface area contributed by atoms with E-state index in [2.05, 4.69) is 4.98 Å². The van der Waals surface area contributed by atoms with Crippen LogP contribution < -0.4 is 5.43 Å². The van der Waals surface area contributed by atoms with Crippen LogP contribution in [0.15, 0.2) is 35.4 Å². The Morgan fingerprint density at radius 1 is 1.06 bits per heavy atom. The van der Waals surface area contributed by atoms with Crippen LogP contribution in [-0.2, 0) is 0 Å². The highest BCUT2D eigenvalue weighted by molar-refractivity contribution is 5.66. The number of hydrogen-bond acceptors (Lipinski definition) is 2. The van der Waals surface area contributed by atoms with Crippen molar-refractivity contribution in [3.63, 3.8) is 0 Å². The first kappa shape index (κ1) is 12.4. The van der Waals surface area contributed by atoms with E-state index in [0.717, 1.165) is 5.56 Å². The lowest BCUT2D eigenvalue weighted by molar-refractivity contribution is 0.613. The Morgan fingerprint density at radius 2 is 1.78 bits per heavy atom. The molecule has 0 aliphatic heterocycles. The molecule has 1 aromatic carbocycles. The van der Waals surface area contributed by atoms with E-state index in [9.17, 15) is 9.18 Å². The zero-order valence-electron chi connectivity index (χ0n) is 10.6. The fourth-order valence-electron chi connectivity index (χ4n) is 1.91. The van der Waals surface area contributed by atoms with Gasteiger partial charge in [0.2, 0.25) is 0 Å². The molecule has 0 aliphatic carbocycles. The summed E-state index contributed by atoms with van der Waals surface area (Å²) in [7, 11) is 0. The topological polar surface area (TPSA) is 30.0 Å². The number of aryl methyl sites for hydroxylation is 2. The van der Waals surface area contributed by atoms with Crippen molar-refractivity contribution in [3.8, 4) is 11.1 Å². The maximum atomic E-state index is 13.5. The SMILES string of the molecule is Cc1c(F)cncc1-c1ccc(C)c(=O)c(C)c1. The summed E-state index contributed by atoms with van der Waals surface area (Å²) < 4.78 is 13.5. The molecular formula is C15H14FNO. The molecular weight excluding hydrogens is 229 g/mol. The predicted octanol–water partition coefficient (Wildman–Crippen LogP) is 3.17. The third-order valence-electron chi connectivity index (χ3n) is 3.07. The van der Waals surface area contributed by atoms with Crippen molar-refractivity contribution in [1.82, 2.24) is 4.98 Å². The van der Waals surface area contributed by atoms with Crippen LogP contribution in [0.2, 0.25) is 0 Å². The Balaban J connectivity index is 2.74. The van der Waals surface area contributed by atoms with E-state index in [-0.39, 0.29) is 11.2 Å². The molecule has 0 fully saturated rings. The molecule has 0 spiro atoms. The molecule has 0 radical (unpaired) electrons. The summed E-state index contributed by atoms with van der Waals surface area (Å²) in [5, 5.41) is 0. The summed E-state index contributed by atoms with van der Waals surface area (Å²) in [5.41, 5.74) is 3.41. The van der Waals surface area contributed by atoms with Crippen LogP contribution in [0.1, 0.15) is 16.7 Å². The van der Waals surface area contributed by atoms with E-state index in [1.165, 1.54) is 6.20 Å². The number of nitrogens with zero attached hydrogens (tertiary/aromatic N) is 1. The third-order valence-corrected chi connectivity index (χ3v) is 3.07. The van der Waals surface area contributed by atoms with Gasteiger partial charge in [-0.1, -0.05) is 12.1 Å². The lowest BCUT2D eigenvalue weighted by atomic mass is 10.0. The van der Waals surface area contributed by atoms with Crippen LogP contribution in [0, 0.1) is 26.6 Å². The average Bonchev–Trinajstić information content (AvgIpc) is 2.47. The normalized spacial score (nSPS) is 10.4. The van der Waals surface area contributed by atoms with Crippen molar-refractivity contribution in [2.45, 2.75) is 20.8 Å². The highest BCUT2D eigenvalue weighted by atomic mass is 19.1. The van der Waals surface area contributed by atoms with Gasteiger partial charge in [-0.15, -0.1) is 0 Å². The van der Waals surface area contributed by atoms with Crippen LogP contribution in [0.4, 0.5) is 4.39 Å². The van der Waals surface area contributed by atoms with Crippen LogP contribution in [-0.4, -0.2) is 4.98 Å². The fourth-order valence-corrected chi connectivity index (χ4v) is 1.91. The second-order valence-electron chi connectivity index (χ2n) is 4.42. The summed E-state index contributed by atoms with van der Waals surface area (Å²) in [6.07, 6.45) is 2.81. The number of rotatable bonds is 1. The first-order valence-electron chi connectivity index (χ1n) is 5.72. The number of pyridine rings is 1. The van der Waals surface area contributed by atoms with E-state index in [1.54, 1.807) is 39.1 Å². The van der Waals surface area contributed by atoms with Gasteiger partial charge in [0.25, 0.3) is 0 Å². The van der Waals surface area contributed by atoms with Gasteiger partial charge in [0.15, 0.2) is 5.43 Å². The molecule has 1 heterocycles. The number of hydrogen-bond donors (Lipinski definition) is 0. The minimum Gasteiger partial charge on any atom is -0.289 e. The van der Waals surface area contributed by atoms with Gasteiger partial charge in [0, 0.05) is 11.8 Å². The zero-order valence-corrected chi connectivity index (χ0v) is 10.6. The quantitative estimate of drug-likeness (QED) is 0.770. The van der Waals surface area contributed by atoms with Crippen molar-refractivity contribution in [2.75, 3.05) is 0 Å². The first-order chi connectivity index (χ1) is 8.50. The Bertz CT molecular complexity index is 665. The second kappa shape index (κ2) is 4.69.